The standard InChI is InChI=1S/C16H30N2O3/c1-3-18(10-16(19)20)15-8-14(9-15)17-13-6-4-12(5-7-13)11-21-2/h12-15,17H,3-11H2,1-2H3,(H,19,20). The molecule has 0 unspecified atom stereocenters. The van der Waals surface area contributed by atoms with Crippen molar-refractivity contribution in [2.24, 2.45) is 5.92 Å². The summed E-state index contributed by atoms with van der Waals surface area (Å²) in [6.45, 7) is 3.95. The Morgan fingerprint density at radius 2 is 1.90 bits per heavy atom. The summed E-state index contributed by atoms with van der Waals surface area (Å²) in [5, 5.41) is 12.7. The first-order valence-electron chi connectivity index (χ1n) is 8.33. The fraction of sp³-hybridized carbons (Fsp3) is 0.938. The SMILES string of the molecule is CCN(CC(=O)O)C1CC(NC2CCC(COC)CC2)C1. The molecule has 5 nitrogen and oxygen atoms in total. The smallest absolute Gasteiger partial charge is 0.317 e. The predicted molar refractivity (Wildman–Crippen MR) is 82.5 cm³/mol. The lowest BCUT2D eigenvalue weighted by Gasteiger charge is -2.44. The van der Waals surface area contributed by atoms with Crippen molar-refractivity contribution < 1.29 is 14.6 Å². The molecule has 21 heavy (non-hydrogen) atoms. The van der Waals surface area contributed by atoms with Crippen LogP contribution in [-0.4, -0.2) is 60.9 Å². The van der Waals surface area contributed by atoms with Crippen LogP contribution in [0.3, 0.4) is 0 Å². The zero-order valence-corrected chi connectivity index (χ0v) is 13.4. The van der Waals surface area contributed by atoms with E-state index in [1.807, 2.05) is 6.92 Å². The number of carboxylic acids is 1. The molecule has 2 aliphatic carbocycles. The Morgan fingerprint density at radius 1 is 1.24 bits per heavy atom. The molecule has 122 valence electrons. The van der Waals surface area contributed by atoms with E-state index in [2.05, 4.69) is 10.2 Å². The lowest BCUT2D eigenvalue weighted by Crippen LogP contribution is -2.56. The monoisotopic (exact) mass is 298 g/mol. The largest absolute Gasteiger partial charge is 0.480 e. The minimum atomic E-state index is -0.718. The van der Waals surface area contributed by atoms with Gasteiger partial charge in [0.15, 0.2) is 0 Å². The summed E-state index contributed by atoms with van der Waals surface area (Å²) in [4.78, 5) is 12.9. The number of methoxy groups -OCH3 is 1. The molecule has 0 amide bonds. The minimum Gasteiger partial charge on any atom is -0.480 e. The Hall–Kier alpha value is -0.650. The molecule has 0 saturated heterocycles. The van der Waals surface area contributed by atoms with Crippen molar-refractivity contribution in [1.82, 2.24) is 10.2 Å². The van der Waals surface area contributed by atoms with E-state index in [0.717, 1.165) is 31.9 Å². The van der Waals surface area contributed by atoms with Gasteiger partial charge in [-0.2, -0.15) is 0 Å². The van der Waals surface area contributed by atoms with Gasteiger partial charge in [-0.3, -0.25) is 9.69 Å². The van der Waals surface area contributed by atoms with Crippen LogP contribution in [0.2, 0.25) is 0 Å². The van der Waals surface area contributed by atoms with Gasteiger partial charge < -0.3 is 15.2 Å². The van der Waals surface area contributed by atoms with Crippen LogP contribution in [0.25, 0.3) is 0 Å². The van der Waals surface area contributed by atoms with Gasteiger partial charge >= 0.3 is 5.97 Å². The highest BCUT2D eigenvalue weighted by Crippen LogP contribution is 2.29. The number of rotatable bonds is 8. The number of nitrogens with one attached hydrogen (secondary N) is 1. The zero-order chi connectivity index (χ0) is 15.2. The van der Waals surface area contributed by atoms with Gasteiger partial charge in [-0.1, -0.05) is 6.92 Å². The molecule has 0 aliphatic heterocycles. The average Bonchev–Trinajstić information content (AvgIpc) is 2.42. The number of nitrogens with zero attached hydrogens (tertiary/aromatic N) is 1. The molecular formula is C16H30N2O3. The molecule has 2 N–H and O–H groups in total. The Kier molecular flexibility index (Phi) is 6.45. The summed E-state index contributed by atoms with van der Waals surface area (Å²) in [7, 11) is 1.79. The van der Waals surface area contributed by atoms with Crippen molar-refractivity contribution in [3.63, 3.8) is 0 Å². The van der Waals surface area contributed by atoms with Crippen LogP contribution < -0.4 is 5.32 Å². The van der Waals surface area contributed by atoms with E-state index in [4.69, 9.17) is 9.84 Å². The normalized spacial score (nSPS) is 32.9. The highest BCUT2D eigenvalue weighted by molar-refractivity contribution is 5.69. The summed E-state index contributed by atoms with van der Waals surface area (Å²) >= 11 is 0. The van der Waals surface area contributed by atoms with Crippen molar-refractivity contribution in [3.8, 4) is 0 Å². The second-order valence-electron chi connectivity index (χ2n) is 6.62. The molecule has 0 aromatic heterocycles. The maximum absolute atomic E-state index is 10.8. The van der Waals surface area contributed by atoms with Gasteiger partial charge in [0.05, 0.1) is 6.54 Å². The highest BCUT2D eigenvalue weighted by Gasteiger charge is 2.35. The quantitative estimate of drug-likeness (QED) is 0.714. The van der Waals surface area contributed by atoms with Gasteiger partial charge in [-0.15, -0.1) is 0 Å². The molecule has 2 fully saturated rings. The predicted octanol–water partition coefficient (Wildman–Crippen LogP) is 1.72. The van der Waals surface area contributed by atoms with Crippen molar-refractivity contribution in [2.45, 2.75) is 63.6 Å². The Balaban J connectivity index is 1.63. The van der Waals surface area contributed by atoms with Gasteiger partial charge in [0.1, 0.15) is 0 Å². The molecule has 0 spiro atoms. The van der Waals surface area contributed by atoms with Crippen LogP contribution in [-0.2, 0) is 9.53 Å². The second-order valence-corrected chi connectivity index (χ2v) is 6.62. The molecule has 2 aliphatic rings. The second kappa shape index (κ2) is 8.11. The molecule has 2 saturated carbocycles. The van der Waals surface area contributed by atoms with Crippen molar-refractivity contribution in [3.05, 3.63) is 0 Å². The fourth-order valence-electron chi connectivity index (χ4n) is 3.76. The third-order valence-electron chi connectivity index (χ3n) is 5.09. The topological polar surface area (TPSA) is 61.8 Å². The van der Waals surface area contributed by atoms with E-state index in [1.165, 1.54) is 25.7 Å². The third-order valence-corrected chi connectivity index (χ3v) is 5.09. The molecule has 5 heteroatoms. The van der Waals surface area contributed by atoms with Crippen LogP contribution in [0.15, 0.2) is 0 Å². The third kappa shape index (κ3) is 4.94. The molecule has 2 rings (SSSR count). The molecule has 0 bridgehead atoms. The number of carboxylic acid groups (broad SMARTS) is 1. The van der Waals surface area contributed by atoms with Crippen molar-refractivity contribution >= 4 is 5.97 Å². The molecule has 0 aromatic rings. The summed E-state index contributed by atoms with van der Waals surface area (Å²) in [6.07, 6.45) is 7.23. The lowest BCUT2D eigenvalue weighted by atomic mass is 9.82. The minimum absolute atomic E-state index is 0.177. The van der Waals surface area contributed by atoms with Gasteiger partial charge in [0, 0.05) is 31.8 Å². The van der Waals surface area contributed by atoms with Crippen LogP contribution in [0.1, 0.15) is 45.4 Å². The molecule has 0 radical (unpaired) electrons. The van der Waals surface area contributed by atoms with Crippen LogP contribution >= 0.6 is 0 Å². The zero-order valence-electron chi connectivity index (χ0n) is 13.4. The first kappa shape index (κ1) is 16.7. The van der Waals surface area contributed by atoms with E-state index < -0.39 is 5.97 Å². The summed E-state index contributed by atoms with van der Waals surface area (Å²) in [6, 6.07) is 1.69. The number of carbonyl (C=O) groups is 1. The number of ether oxygens (including phenoxy) is 1. The number of hydrogen-bond donors (Lipinski definition) is 2. The van der Waals surface area contributed by atoms with Gasteiger partial charge in [0.25, 0.3) is 0 Å². The van der Waals surface area contributed by atoms with Crippen molar-refractivity contribution in [1.29, 1.82) is 0 Å². The van der Waals surface area contributed by atoms with Gasteiger partial charge in [-0.05, 0) is 51.0 Å². The number of likely N-dealkylation sites (N-methyl/N-ethyl adjacent to an activating group) is 1. The average molecular weight is 298 g/mol. The van der Waals surface area contributed by atoms with Gasteiger partial charge in [-0.25, -0.2) is 0 Å². The highest BCUT2D eigenvalue weighted by atomic mass is 16.5. The molecular weight excluding hydrogens is 268 g/mol. The lowest BCUT2D eigenvalue weighted by molar-refractivity contribution is -0.139. The van der Waals surface area contributed by atoms with Gasteiger partial charge in [0.2, 0.25) is 0 Å². The van der Waals surface area contributed by atoms with Crippen LogP contribution in [0.5, 0.6) is 0 Å². The van der Waals surface area contributed by atoms with E-state index in [1.54, 1.807) is 7.11 Å². The van der Waals surface area contributed by atoms with Crippen molar-refractivity contribution in [2.75, 3.05) is 26.8 Å². The maximum atomic E-state index is 10.8. The molecule has 0 heterocycles. The van der Waals surface area contributed by atoms with E-state index in [-0.39, 0.29) is 6.54 Å². The molecule has 0 atom stereocenters. The fourth-order valence-corrected chi connectivity index (χ4v) is 3.76. The molecule has 0 aromatic carbocycles. The Bertz CT molecular complexity index is 323. The van der Waals surface area contributed by atoms with E-state index in [9.17, 15) is 4.79 Å². The van der Waals surface area contributed by atoms with E-state index >= 15 is 0 Å². The summed E-state index contributed by atoms with van der Waals surface area (Å²) < 4.78 is 5.24. The van der Waals surface area contributed by atoms with E-state index in [0.29, 0.717) is 18.1 Å². The maximum Gasteiger partial charge on any atom is 0.317 e. The summed E-state index contributed by atoms with van der Waals surface area (Å²) in [5.74, 6) is 0.0260. The first-order valence-corrected chi connectivity index (χ1v) is 8.33. The Morgan fingerprint density at radius 3 is 2.43 bits per heavy atom. The first-order chi connectivity index (χ1) is 10.1. The van der Waals surface area contributed by atoms with Crippen LogP contribution in [0.4, 0.5) is 0 Å². The summed E-state index contributed by atoms with van der Waals surface area (Å²) in [5.41, 5.74) is 0. The number of aliphatic carboxylic acids is 1. The Labute approximate surface area is 128 Å². The van der Waals surface area contributed by atoms with Crippen LogP contribution in [0, 0.1) is 5.92 Å². The number of hydrogen-bond acceptors (Lipinski definition) is 4.